The second kappa shape index (κ2) is 12.5. The monoisotopic (exact) mass is 699 g/mol. The lowest BCUT2D eigenvalue weighted by molar-refractivity contribution is 0.444. The summed E-state index contributed by atoms with van der Waals surface area (Å²) in [7, 11) is 0. The van der Waals surface area contributed by atoms with Crippen molar-refractivity contribution in [2.75, 3.05) is 14.7 Å². The van der Waals surface area contributed by atoms with Crippen molar-refractivity contribution < 1.29 is 0 Å². The third-order valence-electron chi connectivity index (χ3n) is 11.8. The van der Waals surface area contributed by atoms with E-state index in [1.807, 2.05) is 11.8 Å². The molecule has 0 saturated heterocycles. The zero-order chi connectivity index (χ0) is 34.9. The number of hydrogen-bond donors (Lipinski definition) is 0. The van der Waals surface area contributed by atoms with Crippen LogP contribution in [0.2, 0.25) is 0 Å². The van der Waals surface area contributed by atoms with E-state index in [1.165, 1.54) is 115 Å². The molecule has 1 aliphatic carbocycles. The Kier molecular flexibility index (Phi) is 7.29. The smallest absolute Gasteiger partial charge is 0.252 e. The molecular weight excluding hydrogens is 661 g/mol. The minimum atomic E-state index is 0.0659. The predicted molar refractivity (Wildman–Crippen MR) is 225 cm³/mol. The van der Waals surface area contributed by atoms with Crippen molar-refractivity contribution >= 4 is 86.0 Å². The van der Waals surface area contributed by atoms with Crippen LogP contribution < -0.4 is 31.1 Å². The maximum absolute atomic E-state index is 2.57. The first-order chi connectivity index (χ1) is 26.3. The van der Waals surface area contributed by atoms with Crippen molar-refractivity contribution in [1.82, 2.24) is 0 Å². The van der Waals surface area contributed by atoms with Crippen LogP contribution in [0.3, 0.4) is 0 Å². The Morgan fingerprint density at radius 2 is 0.925 bits per heavy atom. The van der Waals surface area contributed by atoms with Crippen LogP contribution >= 0.6 is 11.8 Å². The standard InChI is InChI=1S/C48H38BN3S/c1-4-16-33(17-5-1)34-30-44-48-45(31-34)51(36-20-8-3-9-21-36)41-29-28-37(52-42-24-12-14-26-46(42)53-47-27-15-13-25-43(47)52)32-39(41)49(48)38-22-10-11-23-40(38)50(44)35-18-6-2-7-19-35/h2-3,6-15,18-33H,1,4-5,16-17H2. The summed E-state index contributed by atoms with van der Waals surface area (Å²) in [5, 5.41) is 0. The Labute approximate surface area is 316 Å². The molecular formula is C48H38BN3S. The molecule has 0 spiro atoms. The molecule has 0 atom stereocenters. The molecule has 5 heteroatoms. The van der Waals surface area contributed by atoms with Gasteiger partial charge in [-0.2, -0.15) is 0 Å². The first-order valence-electron chi connectivity index (χ1n) is 19.1. The molecule has 0 radical (unpaired) electrons. The highest BCUT2D eigenvalue weighted by molar-refractivity contribution is 7.99. The lowest BCUT2D eigenvalue weighted by atomic mass is 9.33. The van der Waals surface area contributed by atoms with E-state index in [-0.39, 0.29) is 6.71 Å². The number of anilines is 9. The van der Waals surface area contributed by atoms with Gasteiger partial charge >= 0.3 is 0 Å². The van der Waals surface area contributed by atoms with E-state index >= 15 is 0 Å². The summed E-state index contributed by atoms with van der Waals surface area (Å²) >= 11 is 1.86. The Morgan fingerprint density at radius 3 is 1.55 bits per heavy atom. The van der Waals surface area contributed by atoms with Gasteiger partial charge in [-0.25, -0.2) is 0 Å². The first-order valence-corrected chi connectivity index (χ1v) is 19.9. The quantitative estimate of drug-likeness (QED) is 0.169. The summed E-state index contributed by atoms with van der Waals surface area (Å²) in [4.78, 5) is 10.1. The van der Waals surface area contributed by atoms with Crippen LogP contribution in [0, 0.1) is 0 Å². The third kappa shape index (κ3) is 4.90. The number of benzene rings is 7. The number of fused-ring (bicyclic) bond motifs is 6. The van der Waals surface area contributed by atoms with Gasteiger partial charge in [0.25, 0.3) is 6.71 Å². The molecule has 7 aromatic carbocycles. The van der Waals surface area contributed by atoms with Crippen molar-refractivity contribution in [2.24, 2.45) is 0 Å². The second-order valence-corrected chi connectivity index (χ2v) is 15.8. The van der Waals surface area contributed by atoms with Crippen LogP contribution in [-0.4, -0.2) is 6.71 Å². The number of para-hydroxylation sites is 5. The van der Waals surface area contributed by atoms with Crippen molar-refractivity contribution in [2.45, 2.75) is 47.8 Å². The van der Waals surface area contributed by atoms with Gasteiger partial charge in [0, 0.05) is 49.6 Å². The molecule has 1 saturated carbocycles. The van der Waals surface area contributed by atoms with Gasteiger partial charge in [0.1, 0.15) is 0 Å². The highest BCUT2D eigenvalue weighted by Crippen LogP contribution is 2.52. The molecule has 0 unspecified atom stereocenters. The Bertz CT molecular complexity index is 2450. The van der Waals surface area contributed by atoms with E-state index < -0.39 is 0 Å². The second-order valence-electron chi connectivity index (χ2n) is 14.8. The third-order valence-corrected chi connectivity index (χ3v) is 12.9. The largest absolute Gasteiger partial charge is 0.311 e. The molecule has 1 fully saturated rings. The topological polar surface area (TPSA) is 9.72 Å². The van der Waals surface area contributed by atoms with Crippen LogP contribution in [0.5, 0.6) is 0 Å². The van der Waals surface area contributed by atoms with E-state index in [4.69, 9.17) is 0 Å². The average Bonchev–Trinajstić information content (AvgIpc) is 3.23. The molecule has 11 rings (SSSR count). The van der Waals surface area contributed by atoms with Gasteiger partial charge in [-0.3, -0.25) is 0 Å². The molecule has 0 N–H and O–H groups in total. The van der Waals surface area contributed by atoms with E-state index in [1.54, 1.807) is 0 Å². The lowest BCUT2D eigenvalue weighted by Gasteiger charge is -2.45. The van der Waals surface area contributed by atoms with Crippen molar-refractivity contribution in [3.8, 4) is 0 Å². The molecule has 0 amide bonds. The van der Waals surface area contributed by atoms with E-state index in [2.05, 4.69) is 178 Å². The zero-order valence-corrected chi connectivity index (χ0v) is 30.3. The Balaban J connectivity index is 1.20. The first kappa shape index (κ1) is 30.9. The molecule has 3 nitrogen and oxygen atoms in total. The molecule has 3 aliphatic heterocycles. The summed E-state index contributed by atoms with van der Waals surface area (Å²) in [5.74, 6) is 0.567. The fourth-order valence-corrected chi connectivity index (χ4v) is 10.5. The van der Waals surface area contributed by atoms with Crippen molar-refractivity contribution in [3.63, 3.8) is 0 Å². The fourth-order valence-electron chi connectivity index (χ4n) is 9.46. The molecule has 3 heterocycles. The van der Waals surface area contributed by atoms with Crippen LogP contribution in [0.25, 0.3) is 0 Å². The van der Waals surface area contributed by atoms with Crippen LogP contribution in [0.4, 0.5) is 51.2 Å². The summed E-state index contributed by atoms with van der Waals surface area (Å²) in [6, 6.07) is 61.2. The fraction of sp³-hybridized carbons (Fsp3) is 0.125. The highest BCUT2D eigenvalue weighted by atomic mass is 32.2. The average molecular weight is 700 g/mol. The molecule has 0 bridgehead atoms. The summed E-state index contributed by atoms with van der Waals surface area (Å²) < 4.78 is 0. The molecule has 254 valence electrons. The maximum atomic E-state index is 2.57. The normalized spacial score (nSPS) is 15.6. The van der Waals surface area contributed by atoms with Gasteiger partial charge in [0.2, 0.25) is 0 Å². The molecule has 0 aromatic heterocycles. The van der Waals surface area contributed by atoms with Crippen molar-refractivity contribution in [3.05, 3.63) is 169 Å². The van der Waals surface area contributed by atoms with E-state index in [0.29, 0.717) is 5.92 Å². The summed E-state index contributed by atoms with van der Waals surface area (Å²) in [5.41, 5.74) is 16.7. The number of rotatable bonds is 4. The van der Waals surface area contributed by atoms with Gasteiger partial charge in [-0.15, -0.1) is 0 Å². The minimum absolute atomic E-state index is 0.0659. The van der Waals surface area contributed by atoms with Gasteiger partial charge in [-0.1, -0.05) is 110 Å². The number of nitrogens with zero attached hydrogens (tertiary/aromatic N) is 3. The Hall–Kier alpha value is -5.65. The van der Waals surface area contributed by atoms with E-state index in [0.717, 1.165) is 0 Å². The minimum Gasteiger partial charge on any atom is -0.311 e. The van der Waals surface area contributed by atoms with Crippen LogP contribution in [-0.2, 0) is 0 Å². The van der Waals surface area contributed by atoms with Gasteiger partial charge in [-0.05, 0) is 126 Å². The molecule has 4 aliphatic rings. The zero-order valence-electron chi connectivity index (χ0n) is 29.5. The number of hydrogen-bond acceptors (Lipinski definition) is 4. The van der Waals surface area contributed by atoms with Crippen LogP contribution in [0.15, 0.2) is 174 Å². The predicted octanol–water partition coefficient (Wildman–Crippen LogP) is 11.8. The van der Waals surface area contributed by atoms with Gasteiger partial charge in [0.05, 0.1) is 11.4 Å². The lowest BCUT2D eigenvalue weighted by Crippen LogP contribution is -2.61. The molecule has 7 aromatic rings. The van der Waals surface area contributed by atoms with Gasteiger partial charge < -0.3 is 14.7 Å². The summed E-state index contributed by atoms with van der Waals surface area (Å²) in [6.45, 7) is 0.0659. The summed E-state index contributed by atoms with van der Waals surface area (Å²) in [6.07, 6.45) is 6.47. The Morgan fingerprint density at radius 1 is 0.415 bits per heavy atom. The maximum Gasteiger partial charge on any atom is 0.252 e. The SMILES string of the molecule is c1ccc(N2c3ccccc3B3c4cc(N5c6ccccc6Sc6ccccc65)ccc4N(c4ccccc4)c4cc(C5CCCCC5)cc2c43)cc1. The van der Waals surface area contributed by atoms with Crippen molar-refractivity contribution in [1.29, 1.82) is 0 Å². The highest BCUT2D eigenvalue weighted by Gasteiger charge is 2.44. The van der Waals surface area contributed by atoms with Crippen LogP contribution in [0.1, 0.15) is 43.6 Å². The van der Waals surface area contributed by atoms with E-state index in [9.17, 15) is 0 Å². The van der Waals surface area contributed by atoms with Gasteiger partial charge in [0.15, 0.2) is 0 Å². The molecule has 53 heavy (non-hydrogen) atoms.